The Balaban J connectivity index is 2.55. The van der Waals surface area contributed by atoms with Crippen LogP contribution in [0.15, 0.2) is 0 Å². The summed E-state index contributed by atoms with van der Waals surface area (Å²) in [5, 5.41) is 3.27. The van der Waals surface area contributed by atoms with Crippen LogP contribution in [-0.4, -0.2) is 24.7 Å². The first-order chi connectivity index (χ1) is 6.19. The molecule has 0 amide bonds. The number of rotatable bonds is 2. The van der Waals surface area contributed by atoms with Gasteiger partial charge in [0.1, 0.15) is 5.54 Å². The van der Waals surface area contributed by atoms with Crippen LogP contribution in [-0.2, 0) is 9.53 Å². The maximum absolute atomic E-state index is 11.6. The average molecular weight is 185 g/mol. The first-order valence-electron chi connectivity index (χ1n) is 5.11. The molecule has 76 valence electrons. The van der Waals surface area contributed by atoms with E-state index >= 15 is 0 Å². The molecule has 0 radical (unpaired) electrons. The highest BCUT2D eigenvalue weighted by Crippen LogP contribution is 2.19. The molecule has 1 aliphatic rings. The number of carbonyl (C=O) groups excluding carboxylic acids is 1. The summed E-state index contributed by atoms with van der Waals surface area (Å²) in [5.74, 6) is -0.100. The number of hydrogen-bond acceptors (Lipinski definition) is 3. The topological polar surface area (TPSA) is 38.3 Å². The van der Waals surface area contributed by atoms with Gasteiger partial charge in [-0.15, -0.1) is 0 Å². The second-order valence-electron chi connectivity index (χ2n) is 3.79. The SMILES string of the molecule is CCOC(=O)C1(C)CCCCCN1. The van der Waals surface area contributed by atoms with Gasteiger partial charge in [0.05, 0.1) is 6.61 Å². The summed E-state index contributed by atoms with van der Waals surface area (Å²) in [7, 11) is 0. The van der Waals surface area contributed by atoms with Gasteiger partial charge in [-0.2, -0.15) is 0 Å². The number of hydrogen-bond donors (Lipinski definition) is 1. The zero-order chi connectivity index (χ0) is 9.73. The Morgan fingerprint density at radius 1 is 1.46 bits per heavy atom. The van der Waals surface area contributed by atoms with Crippen molar-refractivity contribution in [2.45, 2.75) is 45.1 Å². The van der Waals surface area contributed by atoms with Crippen molar-refractivity contribution in [1.29, 1.82) is 0 Å². The molecule has 3 heteroatoms. The highest BCUT2D eigenvalue weighted by atomic mass is 16.5. The predicted molar refractivity (Wildman–Crippen MR) is 51.5 cm³/mol. The number of ether oxygens (including phenoxy) is 1. The molecule has 0 aromatic heterocycles. The zero-order valence-corrected chi connectivity index (χ0v) is 8.56. The van der Waals surface area contributed by atoms with Crippen molar-refractivity contribution in [3.8, 4) is 0 Å². The molecule has 1 aliphatic heterocycles. The van der Waals surface area contributed by atoms with Gasteiger partial charge < -0.3 is 10.1 Å². The van der Waals surface area contributed by atoms with E-state index in [1.165, 1.54) is 6.42 Å². The third-order valence-electron chi connectivity index (χ3n) is 2.59. The van der Waals surface area contributed by atoms with Crippen LogP contribution >= 0.6 is 0 Å². The van der Waals surface area contributed by atoms with E-state index in [1.807, 2.05) is 13.8 Å². The normalized spacial score (nSPS) is 29.4. The van der Waals surface area contributed by atoms with Gasteiger partial charge in [-0.3, -0.25) is 4.79 Å². The van der Waals surface area contributed by atoms with Gasteiger partial charge in [0.15, 0.2) is 0 Å². The standard InChI is InChI=1S/C10H19NO2/c1-3-13-9(12)10(2)7-5-4-6-8-11-10/h11H,3-8H2,1-2H3. The summed E-state index contributed by atoms with van der Waals surface area (Å²) in [6.07, 6.45) is 4.38. The molecular formula is C10H19NO2. The van der Waals surface area contributed by atoms with E-state index in [9.17, 15) is 4.79 Å². The molecule has 13 heavy (non-hydrogen) atoms. The Bertz CT molecular complexity index is 172. The molecule has 1 N–H and O–H groups in total. The third kappa shape index (κ3) is 2.69. The molecule has 0 aromatic rings. The molecule has 0 saturated carbocycles. The number of nitrogens with one attached hydrogen (secondary N) is 1. The lowest BCUT2D eigenvalue weighted by Crippen LogP contribution is -2.49. The van der Waals surface area contributed by atoms with Gasteiger partial charge in [-0.05, 0) is 33.2 Å². The molecule has 0 aliphatic carbocycles. The van der Waals surface area contributed by atoms with Crippen LogP contribution in [0.5, 0.6) is 0 Å². The maximum Gasteiger partial charge on any atom is 0.326 e. The van der Waals surface area contributed by atoms with E-state index in [-0.39, 0.29) is 5.97 Å². The second-order valence-corrected chi connectivity index (χ2v) is 3.79. The van der Waals surface area contributed by atoms with Gasteiger partial charge in [-0.1, -0.05) is 12.8 Å². The quantitative estimate of drug-likeness (QED) is 0.662. The fourth-order valence-corrected chi connectivity index (χ4v) is 1.70. The van der Waals surface area contributed by atoms with E-state index < -0.39 is 5.54 Å². The van der Waals surface area contributed by atoms with E-state index in [2.05, 4.69) is 5.32 Å². The highest BCUT2D eigenvalue weighted by molar-refractivity contribution is 5.80. The Labute approximate surface area is 79.8 Å². The van der Waals surface area contributed by atoms with Crippen molar-refractivity contribution in [3.05, 3.63) is 0 Å². The Morgan fingerprint density at radius 3 is 2.92 bits per heavy atom. The first kappa shape index (κ1) is 10.5. The predicted octanol–water partition coefficient (Wildman–Crippen LogP) is 1.47. The minimum Gasteiger partial charge on any atom is -0.465 e. The molecule has 1 unspecified atom stereocenters. The fourth-order valence-electron chi connectivity index (χ4n) is 1.70. The average Bonchev–Trinajstić information content (AvgIpc) is 2.32. The summed E-state index contributed by atoms with van der Waals surface area (Å²) in [6.45, 7) is 5.18. The molecule has 0 aromatic carbocycles. The van der Waals surface area contributed by atoms with Gasteiger partial charge in [0, 0.05) is 0 Å². The molecule has 3 nitrogen and oxygen atoms in total. The fraction of sp³-hybridized carbons (Fsp3) is 0.900. The van der Waals surface area contributed by atoms with Crippen LogP contribution in [0.25, 0.3) is 0 Å². The number of esters is 1. The minimum absolute atomic E-state index is 0.100. The zero-order valence-electron chi connectivity index (χ0n) is 8.56. The van der Waals surface area contributed by atoms with Crippen molar-refractivity contribution < 1.29 is 9.53 Å². The lowest BCUT2D eigenvalue weighted by atomic mass is 9.96. The summed E-state index contributed by atoms with van der Waals surface area (Å²) in [5.41, 5.74) is -0.438. The van der Waals surface area contributed by atoms with Crippen LogP contribution in [0, 0.1) is 0 Å². The summed E-state index contributed by atoms with van der Waals surface area (Å²) in [4.78, 5) is 11.6. The Hall–Kier alpha value is -0.570. The molecule has 1 fully saturated rings. The minimum atomic E-state index is -0.438. The molecule has 0 bridgehead atoms. The molecule has 1 saturated heterocycles. The summed E-state index contributed by atoms with van der Waals surface area (Å²) >= 11 is 0. The smallest absolute Gasteiger partial charge is 0.326 e. The van der Waals surface area contributed by atoms with Crippen molar-refractivity contribution in [2.24, 2.45) is 0 Å². The Morgan fingerprint density at radius 2 is 2.23 bits per heavy atom. The highest BCUT2D eigenvalue weighted by Gasteiger charge is 2.34. The van der Waals surface area contributed by atoms with E-state index in [0.717, 1.165) is 25.8 Å². The lowest BCUT2D eigenvalue weighted by molar-refractivity contribution is -0.150. The molecular weight excluding hydrogens is 166 g/mol. The van der Waals surface area contributed by atoms with Gasteiger partial charge in [-0.25, -0.2) is 0 Å². The van der Waals surface area contributed by atoms with E-state index in [1.54, 1.807) is 0 Å². The van der Waals surface area contributed by atoms with Crippen molar-refractivity contribution in [1.82, 2.24) is 5.32 Å². The van der Waals surface area contributed by atoms with E-state index in [4.69, 9.17) is 4.74 Å². The van der Waals surface area contributed by atoms with Crippen molar-refractivity contribution in [2.75, 3.05) is 13.2 Å². The summed E-state index contributed by atoms with van der Waals surface area (Å²) in [6, 6.07) is 0. The van der Waals surface area contributed by atoms with Crippen LogP contribution < -0.4 is 5.32 Å². The first-order valence-corrected chi connectivity index (χ1v) is 5.11. The molecule has 0 spiro atoms. The number of carbonyl (C=O) groups is 1. The van der Waals surface area contributed by atoms with Gasteiger partial charge in [0.2, 0.25) is 0 Å². The van der Waals surface area contributed by atoms with Crippen molar-refractivity contribution in [3.63, 3.8) is 0 Å². The molecule has 1 heterocycles. The third-order valence-corrected chi connectivity index (χ3v) is 2.59. The van der Waals surface area contributed by atoms with Crippen LogP contribution in [0.4, 0.5) is 0 Å². The monoisotopic (exact) mass is 185 g/mol. The Kier molecular flexibility index (Phi) is 3.72. The summed E-state index contributed by atoms with van der Waals surface area (Å²) < 4.78 is 5.04. The molecule has 1 rings (SSSR count). The lowest BCUT2D eigenvalue weighted by Gasteiger charge is -2.26. The second kappa shape index (κ2) is 4.61. The van der Waals surface area contributed by atoms with Crippen molar-refractivity contribution >= 4 is 5.97 Å². The maximum atomic E-state index is 11.6. The van der Waals surface area contributed by atoms with Gasteiger partial charge in [0.25, 0.3) is 0 Å². The van der Waals surface area contributed by atoms with Gasteiger partial charge >= 0.3 is 5.97 Å². The van der Waals surface area contributed by atoms with Crippen LogP contribution in [0.3, 0.4) is 0 Å². The molecule has 1 atom stereocenters. The van der Waals surface area contributed by atoms with Crippen LogP contribution in [0.1, 0.15) is 39.5 Å². The van der Waals surface area contributed by atoms with Crippen LogP contribution in [0.2, 0.25) is 0 Å². The van der Waals surface area contributed by atoms with E-state index in [0.29, 0.717) is 6.61 Å². The largest absolute Gasteiger partial charge is 0.465 e.